The Kier molecular flexibility index (Phi) is 6.02. The average Bonchev–Trinajstić information content (AvgIpc) is 3.08. The maximum atomic E-state index is 13.8. The lowest BCUT2D eigenvalue weighted by Crippen LogP contribution is -2.57. The molecule has 2 aliphatic heterocycles. The highest BCUT2D eigenvalue weighted by Gasteiger charge is 2.43. The lowest BCUT2D eigenvalue weighted by atomic mass is 9.94. The Bertz CT molecular complexity index is 1200. The molecule has 4 rings (SSSR count). The molecule has 3 unspecified atom stereocenters. The molecule has 2 aliphatic rings. The fourth-order valence-electron chi connectivity index (χ4n) is 4.13. The van der Waals surface area contributed by atoms with Crippen molar-refractivity contribution in [3.63, 3.8) is 0 Å². The van der Waals surface area contributed by atoms with Crippen LogP contribution >= 0.6 is 11.6 Å². The van der Waals surface area contributed by atoms with Gasteiger partial charge in [0.25, 0.3) is 0 Å². The topological polar surface area (TPSA) is 42.6 Å². The molecule has 4 nitrogen and oxygen atoms in total. The zero-order chi connectivity index (χ0) is 24.8. The van der Waals surface area contributed by atoms with Crippen molar-refractivity contribution >= 4 is 29.7 Å². The van der Waals surface area contributed by atoms with Gasteiger partial charge in [0.05, 0.1) is 22.7 Å². The van der Waals surface area contributed by atoms with Crippen molar-refractivity contribution in [3.05, 3.63) is 69.8 Å². The van der Waals surface area contributed by atoms with Gasteiger partial charge in [0.1, 0.15) is 18.6 Å². The summed E-state index contributed by atoms with van der Waals surface area (Å²) >= 11 is 5.68. The largest absolute Gasteiger partial charge is 0.416 e. The van der Waals surface area contributed by atoms with E-state index in [-0.39, 0.29) is 17.3 Å². The number of hydrogen-bond donors (Lipinski definition) is 0. The summed E-state index contributed by atoms with van der Waals surface area (Å²) in [6, 6.07) is 8.45. The highest BCUT2D eigenvalue weighted by Crippen LogP contribution is 2.41. The van der Waals surface area contributed by atoms with Crippen molar-refractivity contribution in [2.75, 3.05) is 11.6 Å². The van der Waals surface area contributed by atoms with Crippen molar-refractivity contribution in [3.8, 4) is 6.07 Å². The van der Waals surface area contributed by atoms with Crippen LogP contribution in [0.4, 0.5) is 32.0 Å². The van der Waals surface area contributed by atoms with Crippen molar-refractivity contribution in [2.45, 2.75) is 31.4 Å². The number of alkyl halides is 6. The van der Waals surface area contributed by atoms with Crippen molar-refractivity contribution in [1.29, 1.82) is 5.26 Å². The summed E-state index contributed by atoms with van der Waals surface area (Å²) in [6.07, 6.45) is -6.17. The van der Waals surface area contributed by atoms with Crippen LogP contribution in [0.25, 0.3) is 6.08 Å². The minimum Gasteiger partial charge on any atom is -0.338 e. The number of anilines is 1. The van der Waals surface area contributed by atoms with Gasteiger partial charge >= 0.3 is 12.4 Å². The lowest BCUT2D eigenvalue weighted by Gasteiger charge is -2.44. The Labute approximate surface area is 196 Å². The number of halogens is 7. The van der Waals surface area contributed by atoms with Gasteiger partial charge in [-0.3, -0.25) is 0 Å². The van der Waals surface area contributed by atoms with Gasteiger partial charge in [-0.15, -0.1) is 0 Å². The summed E-state index contributed by atoms with van der Waals surface area (Å²) in [6.45, 7) is 2.88. The van der Waals surface area contributed by atoms with E-state index < -0.39 is 34.4 Å². The van der Waals surface area contributed by atoms with E-state index in [1.165, 1.54) is 12.1 Å². The monoisotopic (exact) mass is 498 g/mol. The van der Waals surface area contributed by atoms with E-state index in [0.717, 1.165) is 24.8 Å². The van der Waals surface area contributed by atoms with E-state index in [1.54, 1.807) is 17.4 Å². The SMILES string of the molecule is CC1CN2C=NN(c3ccc(C=CC(c4cc(Cl)cc(C(F)(F)F)c4)C(F)(F)F)cc3C#N)C12. The molecule has 0 saturated carbocycles. The zero-order valence-corrected chi connectivity index (χ0v) is 18.3. The molecule has 0 aliphatic carbocycles. The average molecular weight is 499 g/mol. The normalized spacial score (nSPS) is 20.9. The van der Waals surface area contributed by atoms with Crippen LogP contribution in [0, 0.1) is 17.2 Å². The van der Waals surface area contributed by atoms with Crippen LogP contribution in [0.15, 0.2) is 47.6 Å². The molecule has 1 saturated heterocycles. The summed E-state index contributed by atoms with van der Waals surface area (Å²) in [5, 5.41) is 15.2. The number of hydrogen-bond acceptors (Lipinski definition) is 4. The fourth-order valence-corrected chi connectivity index (χ4v) is 4.38. The molecule has 11 heteroatoms. The van der Waals surface area contributed by atoms with Gasteiger partial charge in [0.2, 0.25) is 0 Å². The molecule has 2 aromatic carbocycles. The van der Waals surface area contributed by atoms with Gasteiger partial charge in [-0.05, 0) is 41.5 Å². The lowest BCUT2D eigenvalue weighted by molar-refractivity contribution is -0.142. The third-order valence-corrected chi connectivity index (χ3v) is 5.97. The molecule has 0 bridgehead atoms. The van der Waals surface area contributed by atoms with Crippen LogP contribution < -0.4 is 5.01 Å². The fraction of sp³-hybridized carbons (Fsp3) is 0.304. The molecule has 3 atom stereocenters. The van der Waals surface area contributed by atoms with Crippen LogP contribution in [-0.2, 0) is 6.18 Å². The van der Waals surface area contributed by atoms with Gasteiger partial charge in [0, 0.05) is 17.5 Å². The van der Waals surface area contributed by atoms with E-state index in [9.17, 15) is 31.6 Å². The van der Waals surface area contributed by atoms with Crippen LogP contribution in [-0.4, -0.2) is 30.1 Å². The van der Waals surface area contributed by atoms with Crippen molar-refractivity contribution in [1.82, 2.24) is 4.90 Å². The highest BCUT2D eigenvalue weighted by atomic mass is 35.5. The van der Waals surface area contributed by atoms with Gasteiger partial charge in [-0.1, -0.05) is 36.7 Å². The molecule has 1 fully saturated rings. The summed E-state index contributed by atoms with van der Waals surface area (Å²) in [4.78, 5) is 2.01. The van der Waals surface area contributed by atoms with E-state index in [4.69, 9.17) is 11.6 Å². The molecule has 2 heterocycles. The van der Waals surface area contributed by atoms with Gasteiger partial charge < -0.3 is 4.90 Å². The first-order valence-corrected chi connectivity index (χ1v) is 10.5. The molecular formula is C23H17ClF6N4. The van der Waals surface area contributed by atoms with Crippen molar-refractivity contribution < 1.29 is 26.3 Å². The number of fused-ring (bicyclic) bond motifs is 1. The first kappa shape index (κ1) is 24.0. The second kappa shape index (κ2) is 8.55. The molecule has 34 heavy (non-hydrogen) atoms. The Hall–Kier alpha value is -3.19. The molecule has 0 N–H and O–H groups in total. The molecule has 0 spiro atoms. The quantitative estimate of drug-likeness (QED) is 0.444. The smallest absolute Gasteiger partial charge is 0.338 e. The Morgan fingerprint density at radius 2 is 1.88 bits per heavy atom. The highest BCUT2D eigenvalue weighted by molar-refractivity contribution is 6.30. The molecule has 0 radical (unpaired) electrons. The summed E-state index contributed by atoms with van der Waals surface area (Å²) in [5.41, 5.74) is -0.877. The molecule has 2 aromatic rings. The number of rotatable bonds is 4. The summed E-state index contributed by atoms with van der Waals surface area (Å²) < 4.78 is 80.5. The number of allylic oxidation sites excluding steroid dienone is 1. The van der Waals surface area contributed by atoms with Gasteiger partial charge in [0.15, 0.2) is 0 Å². The van der Waals surface area contributed by atoms with Crippen LogP contribution in [0.2, 0.25) is 5.02 Å². The van der Waals surface area contributed by atoms with E-state index in [0.29, 0.717) is 23.7 Å². The first-order chi connectivity index (χ1) is 15.9. The van der Waals surface area contributed by atoms with Crippen LogP contribution in [0.1, 0.15) is 35.1 Å². The van der Waals surface area contributed by atoms with E-state index >= 15 is 0 Å². The maximum absolute atomic E-state index is 13.8. The number of nitrogens with zero attached hydrogens (tertiary/aromatic N) is 4. The predicted molar refractivity (Wildman–Crippen MR) is 116 cm³/mol. The number of benzene rings is 2. The van der Waals surface area contributed by atoms with Gasteiger partial charge in [-0.2, -0.15) is 36.7 Å². The second-order valence-corrected chi connectivity index (χ2v) is 8.64. The molecule has 178 valence electrons. The number of nitriles is 1. The predicted octanol–water partition coefficient (Wildman–Crippen LogP) is 6.63. The van der Waals surface area contributed by atoms with E-state index in [1.807, 2.05) is 17.9 Å². The number of hydrazone groups is 1. The van der Waals surface area contributed by atoms with E-state index in [2.05, 4.69) is 5.10 Å². The molecular weight excluding hydrogens is 482 g/mol. The third kappa shape index (κ3) is 4.57. The Morgan fingerprint density at radius 3 is 2.50 bits per heavy atom. The minimum absolute atomic E-state index is 0.0197. The van der Waals surface area contributed by atoms with Crippen molar-refractivity contribution in [2.24, 2.45) is 11.0 Å². The first-order valence-electron chi connectivity index (χ1n) is 10.1. The van der Waals surface area contributed by atoms with Crippen LogP contribution in [0.5, 0.6) is 0 Å². The standard InChI is InChI=1S/C23H17ClF6N4/c1-13-11-33-12-32-34(21(13)33)20-5-3-14(6-16(20)10-31)2-4-19(23(28,29)30)15-7-17(22(25,26)27)9-18(24)8-15/h2-9,12-13,19,21H,11H2,1H3. The second-order valence-electron chi connectivity index (χ2n) is 8.20. The summed E-state index contributed by atoms with van der Waals surface area (Å²) in [5.74, 6) is -2.01. The Balaban J connectivity index is 1.65. The maximum Gasteiger partial charge on any atom is 0.416 e. The molecule has 0 amide bonds. The van der Waals surface area contributed by atoms with Crippen LogP contribution in [0.3, 0.4) is 0 Å². The van der Waals surface area contributed by atoms with Gasteiger partial charge in [-0.25, -0.2) is 5.01 Å². The summed E-state index contributed by atoms with van der Waals surface area (Å²) in [7, 11) is 0. The minimum atomic E-state index is -4.86. The zero-order valence-electron chi connectivity index (χ0n) is 17.6. The third-order valence-electron chi connectivity index (χ3n) is 5.75. The Morgan fingerprint density at radius 1 is 1.15 bits per heavy atom. The molecule has 0 aromatic heterocycles.